The van der Waals surface area contributed by atoms with Crippen molar-refractivity contribution in [3.05, 3.63) is 58.6 Å². The Morgan fingerprint density at radius 3 is 2.76 bits per heavy atom. The van der Waals surface area contributed by atoms with Crippen LogP contribution in [-0.4, -0.2) is 18.2 Å². The average Bonchev–Trinajstić information content (AvgIpc) is 2.52. The maximum atomic E-state index is 8.82. The van der Waals surface area contributed by atoms with Crippen LogP contribution in [0.5, 0.6) is 11.5 Å². The minimum absolute atomic E-state index is 0.0289. The van der Waals surface area contributed by atoms with Gasteiger partial charge in [0.15, 0.2) is 5.84 Å². The molecule has 5 nitrogen and oxygen atoms in total. The van der Waals surface area contributed by atoms with Crippen LogP contribution in [0.2, 0.25) is 5.02 Å². The molecule has 0 bridgehead atoms. The number of amidine groups is 1. The van der Waals surface area contributed by atoms with Gasteiger partial charge in [0.2, 0.25) is 0 Å². The summed E-state index contributed by atoms with van der Waals surface area (Å²) in [6.07, 6.45) is 0. The zero-order chi connectivity index (χ0) is 15.2. The van der Waals surface area contributed by atoms with E-state index in [0.29, 0.717) is 28.7 Å². The van der Waals surface area contributed by atoms with Crippen LogP contribution in [0.25, 0.3) is 0 Å². The van der Waals surface area contributed by atoms with Gasteiger partial charge in [0, 0.05) is 11.1 Å². The first-order chi connectivity index (χ1) is 10.1. The van der Waals surface area contributed by atoms with E-state index in [0.717, 1.165) is 5.56 Å². The van der Waals surface area contributed by atoms with E-state index in [1.807, 2.05) is 18.2 Å². The van der Waals surface area contributed by atoms with E-state index in [1.54, 1.807) is 31.4 Å². The van der Waals surface area contributed by atoms with Gasteiger partial charge in [-0.3, -0.25) is 0 Å². The highest BCUT2D eigenvalue weighted by Gasteiger charge is 2.10. The Hall–Kier alpha value is -2.40. The third-order valence-electron chi connectivity index (χ3n) is 2.86. The summed E-state index contributed by atoms with van der Waals surface area (Å²) in [5.74, 6) is 1.05. The van der Waals surface area contributed by atoms with Crippen LogP contribution in [0.15, 0.2) is 47.6 Å². The molecule has 0 aliphatic heterocycles. The molecule has 0 heterocycles. The van der Waals surface area contributed by atoms with E-state index in [1.165, 1.54) is 0 Å². The van der Waals surface area contributed by atoms with E-state index < -0.39 is 0 Å². The molecule has 2 aromatic carbocycles. The van der Waals surface area contributed by atoms with Crippen molar-refractivity contribution in [2.75, 3.05) is 7.11 Å². The summed E-state index contributed by atoms with van der Waals surface area (Å²) in [6, 6.07) is 12.4. The van der Waals surface area contributed by atoms with Crippen LogP contribution in [-0.2, 0) is 6.61 Å². The summed E-state index contributed by atoms with van der Waals surface area (Å²) in [4.78, 5) is 0. The van der Waals surface area contributed by atoms with Gasteiger partial charge in [-0.1, -0.05) is 28.9 Å². The number of nitrogens with zero attached hydrogens (tertiary/aromatic N) is 1. The molecule has 0 fully saturated rings. The van der Waals surface area contributed by atoms with Crippen LogP contribution in [0, 0.1) is 0 Å². The van der Waals surface area contributed by atoms with Gasteiger partial charge in [0.25, 0.3) is 0 Å². The molecule has 0 spiro atoms. The van der Waals surface area contributed by atoms with E-state index in [2.05, 4.69) is 5.16 Å². The highest BCUT2D eigenvalue weighted by molar-refractivity contribution is 6.30. The van der Waals surface area contributed by atoms with Gasteiger partial charge in [-0.2, -0.15) is 0 Å². The second kappa shape index (κ2) is 6.85. The number of methoxy groups -OCH3 is 1. The van der Waals surface area contributed by atoms with Crippen molar-refractivity contribution in [3.63, 3.8) is 0 Å². The lowest BCUT2D eigenvalue weighted by molar-refractivity contribution is 0.301. The molecule has 0 aliphatic rings. The topological polar surface area (TPSA) is 77.1 Å². The third-order valence-corrected chi connectivity index (χ3v) is 3.09. The number of ether oxygens (including phenoxy) is 2. The molecule has 0 aromatic heterocycles. The highest BCUT2D eigenvalue weighted by Crippen LogP contribution is 2.26. The predicted molar refractivity (Wildman–Crippen MR) is 81.3 cm³/mol. The lowest BCUT2D eigenvalue weighted by Gasteiger charge is -2.12. The van der Waals surface area contributed by atoms with Gasteiger partial charge < -0.3 is 20.4 Å². The normalized spacial score (nSPS) is 11.2. The molecule has 21 heavy (non-hydrogen) atoms. The summed E-state index contributed by atoms with van der Waals surface area (Å²) >= 11 is 5.93. The fraction of sp³-hybridized carbons (Fsp3) is 0.133. The van der Waals surface area contributed by atoms with Crippen LogP contribution in [0.4, 0.5) is 0 Å². The zero-order valence-corrected chi connectivity index (χ0v) is 12.2. The van der Waals surface area contributed by atoms with Crippen molar-refractivity contribution in [1.29, 1.82) is 0 Å². The van der Waals surface area contributed by atoms with E-state index in [9.17, 15) is 0 Å². The molecular weight excluding hydrogens is 292 g/mol. The highest BCUT2D eigenvalue weighted by atomic mass is 35.5. The Bertz CT molecular complexity index is 659. The van der Waals surface area contributed by atoms with E-state index in [-0.39, 0.29) is 5.84 Å². The van der Waals surface area contributed by atoms with Crippen molar-refractivity contribution in [2.24, 2.45) is 10.9 Å². The molecule has 0 unspecified atom stereocenters. The quantitative estimate of drug-likeness (QED) is 0.385. The second-order valence-electron chi connectivity index (χ2n) is 4.27. The van der Waals surface area contributed by atoms with Gasteiger partial charge >= 0.3 is 0 Å². The van der Waals surface area contributed by atoms with E-state index >= 15 is 0 Å². The molecule has 0 aliphatic carbocycles. The first kappa shape index (κ1) is 15.0. The molecule has 110 valence electrons. The van der Waals surface area contributed by atoms with Crippen molar-refractivity contribution in [3.8, 4) is 11.5 Å². The first-order valence-corrected chi connectivity index (χ1v) is 6.55. The maximum Gasteiger partial charge on any atom is 0.173 e. The molecule has 2 rings (SSSR count). The number of hydrogen-bond acceptors (Lipinski definition) is 4. The molecular formula is C15H15ClN2O3. The average molecular weight is 307 g/mol. The van der Waals surface area contributed by atoms with Crippen molar-refractivity contribution in [1.82, 2.24) is 0 Å². The van der Waals surface area contributed by atoms with E-state index in [4.69, 9.17) is 32.0 Å². The predicted octanol–water partition coefficient (Wildman–Crippen LogP) is 3.02. The van der Waals surface area contributed by atoms with Crippen LogP contribution in [0.1, 0.15) is 11.1 Å². The van der Waals surface area contributed by atoms with Gasteiger partial charge in [0.1, 0.15) is 18.1 Å². The Balaban J connectivity index is 2.25. The smallest absolute Gasteiger partial charge is 0.173 e. The summed E-state index contributed by atoms with van der Waals surface area (Å²) in [5, 5.41) is 12.5. The molecule has 0 saturated carbocycles. The second-order valence-corrected chi connectivity index (χ2v) is 4.70. The number of halogens is 1. The SMILES string of the molecule is COc1ccc(/C(N)=N/O)c(OCc2cccc(Cl)c2)c1. The minimum Gasteiger partial charge on any atom is -0.497 e. The number of nitrogens with two attached hydrogens (primary N) is 1. The summed E-state index contributed by atoms with van der Waals surface area (Å²) in [5.41, 5.74) is 7.04. The number of benzene rings is 2. The van der Waals surface area contributed by atoms with Gasteiger partial charge in [-0.25, -0.2) is 0 Å². The Morgan fingerprint density at radius 2 is 2.10 bits per heavy atom. The van der Waals surface area contributed by atoms with Crippen LogP contribution < -0.4 is 15.2 Å². The molecule has 0 amide bonds. The Kier molecular flexibility index (Phi) is 4.90. The van der Waals surface area contributed by atoms with Crippen LogP contribution in [0.3, 0.4) is 0 Å². The third kappa shape index (κ3) is 3.79. The molecule has 3 N–H and O–H groups in total. The lowest BCUT2D eigenvalue weighted by atomic mass is 10.1. The maximum absolute atomic E-state index is 8.82. The van der Waals surface area contributed by atoms with Gasteiger partial charge in [-0.05, 0) is 29.8 Å². The molecule has 0 atom stereocenters. The fourth-order valence-electron chi connectivity index (χ4n) is 1.80. The van der Waals surface area contributed by atoms with Gasteiger partial charge in [0.05, 0.1) is 12.7 Å². The molecule has 0 saturated heterocycles. The lowest BCUT2D eigenvalue weighted by Crippen LogP contribution is -2.15. The Labute approximate surface area is 127 Å². The zero-order valence-electron chi connectivity index (χ0n) is 11.4. The summed E-state index contributed by atoms with van der Waals surface area (Å²) in [7, 11) is 1.55. The monoisotopic (exact) mass is 306 g/mol. The molecule has 0 radical (unpaired) electrons. The first-order valence-electron chi connectivity index (χ1n) is 6.17. The van der Waals surface area contributed by atoms with Crippen molar-refractivity contribution >= 4 is 17.4 Å². The number of rotatable bonds is 5. The largest absolute Gasteiger partial charge is 0.497 e. The summed E-state index contributed by atoms with van der Waals surface area (Å²) in [6.45, 7) is 0.305. The van der Waals surface area contributed by atoms with Crippen molar-refractivity contribution < 1.29 is 14.7 Å². The fourth-order valence-corrected chi connectivity index (χ4v) is 2.02. The molecule has 6 heteroatoms. The minimum atomic E-state index is -0.0289. The van der Waals surface area contributed by atoms with Crippen molar-refractivity contribution in [2.45, 2.75) is 6.61 Å². The number of oxime groups is 1. The Morgan fingerprint density at radius 1 is 1.29 bits per heavy atom. The number of hydrogen-bond donors (Lipinski definition) is 2. The van der Waals surface area contributed by atoms with Crippen LogP contribution >= 0.6 is 11.6 Å². The molecule has 2 aromatic rings. The standard InChI is InChI=1S/C15H15ClN2O3/c1-20-12-5-6-13(15(17)18-19)14(8-12)21-9-10-3-2-4-11(16)7-10/h2-8,19H,9H2,1H3,(H2,17,18). The summed E-state index contributed by atoms with van der Waals surface area (Å²) < 4.78 is 10.9. The van der Waals surface area contributed by atoms with Gasteiger partial charge in [-0.15, -0.1) is 0 Å².